The van der Waals surface area contributed by atoms with Crippen LogP contribution in [-0.4, -0.2) is 42.9 Å². The number of nitrogens with zero attached hydrogens (tertiary/aromatic N) is 4. The minimum atomic E-state index is -0.303. The Morgan fingerprint density at radius 3 is 2.64 bits per heavy atom. The Labute approximate surface area is 192 Å². The number of pyridine rings is 1. The Bertz CT molecular complexity index is 1290. The molecule has 0 bridgehead atoms. The van der Waals surface area contributed by atoms with Crippen molar-refractivity contribution >= 4 is 23.0 Å². The fraction of sp³-hybridized carbons (Fsp3) is 0.231. The molecule has 1 amide bonds. The first-order valence-electron chi connectivity index (χ1n) is 10.9. The summed E-state index contributed by atoms with van der Waals surface area (Å²) in [5.74, 6) is -0.303. The summed E-state index contributed by atoms with van der Waals surface area (Å²) in [5.41, 5.74) is 7.42. The van der Waals surface area contributed by atoms with Crippen LogP contribution in [0.3, 0.4) is 0 Å². The monoisotopic (exact) mass is 437 g/mol. The molecule has 164 valence electrons. The highest BCUT2D eigenvalue weighted by atomic mass is 16.5. The highest BCUT2D eigenvalue weighted by molar-refractivity contribution is 6.16. The second-order valence-corrected chi connectivity index (χ2v) is 8.14. The van der Waals surface area contributed by atoms with Crippen molar-refractivity contribution in [2.24, 2.45) is 4.99 Å². The number of aromatic nitrogens is 1. The van der Waals surface area contributed by atoms with Gasteiger partial charge in [0.1, 0.15) is 11.8 Å². The summed E-state index contributed by atoms with van der Waals surface area (Å²) in [4.78, 5) is 24.0. The number of carbonyl (C=O) groups is 1. The summed E-state index contributed by atoms with van der Waals surface area (Å²) < 4.78 is 5.44. The van der Waals surface area contributed by atoms with Crippen LogP contribution in [-0.2, 0) is 11.3 Å². The van der Waals surface area contributed by atoms with Crippen molar-refractivity contribution in [1.82, 2.24) is 4.98 Å². The average Bonchev–Trinajstić information content (AvgIpc) is 3.28. The van der Waals surface area contributed by atoms with Gasteiger partial charge in [-0.3, -0.25) is 9.79 Å². The van der Waals surface area contributed by atoms with Crippen molar-refractivity contribution in [3.8, 4) is 6.07 Å². The lowest BCUT2D eigenvalue weighted by Crippen LogP contribution is -2.36. The van der Waals surface area contributed by atoms with Crippen LogP contribution < -0.4 is 10.2 Å². The maximum atomic E-state index is 12.8. The highest BCUT2D eigenvalue weighted by Crippen LogP contribution is 2.28. The number of nitriles is 1. The molecule has 0 spiro atoms. The van der Waals surface area contributed by atoms with E-state index in [1.54, 1.807) is 13.0 Å². The molecule has 0 atom stereocenters. The van der Waals surface area contributed by atoms with Gasteiger partial charge in [-0.05, 0) is 48.4 Å². The predicted octanol–water partition coefficient (Wildman–Crippen LogP) is 3.70. The average molecular weight is 438 g/mol. The summed E-state index contributed by atoms with van der Waals surface area (Å²) in [6.07, 6.45) is 1.41. The molecule has 0 aliphatic carbocycles. The number of anilines is 2. The van der Waals surface area contributed by atoms with E-state index in [2.05, 4.69) is 39.5 Å². The number of rotatable bonds is 4. The molecule has 7 heteroatoms. The maximum absolute atomic E-state index is 12.8. The van der Waals surface area contributed by atoms with Crippen molar-refractivity contribution in [3.63, 3.8) is 0 Å². The van der Waals surface area contributed by atoms with Crippen LogP contribution in [0.5, 0.6) is 0 Å². The van der Waals surface area contributed by atoms with E-state index < -0.39 is 0 Å². The third kappa shape index (κ3) is 4.21. The summed E-state index contributed by atoms with van der Waals surface area (Å²) in [6.45, 7) is 5.72. The number of hydrogen-bond donors (Lipinski definition) is 1. The van der Waals surface area contributed by atoms with E-state index in [4.69, 9.17) is 15.0 Å². The topological polar surface area (TPSA) is 90.6 Å². The molecule has 1 aromatic heterocycles. The van der Waals surface area contributed by atoms with Gasteiger partial charge in [-0.25, -0.2) is 4.98 Å². The molecule has 2 aliphatic heterocycles. The van der Waals surface area contributed by atoms with Crippen LogP contribution in [0.15, 0.2) is 59.7 Å². The second kappa shape index (κ2) is 8.85. The van der Waals surface area contributed by atoms with E-state index in [9.17, 15) is 4.79 Å². The molecule has 5 rings (SSSR count). The van der Waals surface area contributed by atoms with Crippen molar-refractivity contribution in [2.75, 3.05) is 36.5 Å². The fourth-order valence-electron chi connectivity index (χ4n) is 4.22. The molecule has 3 aromatic rings. The van der Waals surface area contributed by atoms with Gasteiger partial charge in [0.2, 0.25) is 0 Å². The molecular weight excluding hydrogens is 414 g/mol. The molecule has 0 unspecified atom stereocenters. The number of aryl methyl sites for hydroxylation is 1. The van der Waals surface area contributed by atoms with Gasteiger partial charge in [0.25, 0.3) is 5.91 Å². The zero-order valence-corrected chi connectivity index (χ0v) is 18.3. The van der Waals surface area contributed by atoms with E-state index in [-0.39, 0.29) is 5.91 Å². The van der Waals surface area contributed by atoms with Crippen molar-refractivity contribution in [1.29, 1.82) is 5.26 Å². The Morgan fingerprint density at radius 1 is 1.12 bits per heavy atom. The van der Waals surface area contributed by atoms with Crippen LogP contribution in [0.4, 0.5) is 11.4 Å². The lowest BCUT2D eigenvalue weighted by Gasteiger charge is -2.28. The minimum Gasteiger partial charge on any atom is -0.378 e. The number of fused-ring (bicyclic) bond motifs is 1. The first kappa shape index (κ1) is 20.9. The van der Waals surface area contributed by atoms with E-state index in [0.717, 1.165) is 48.7 Å². The van der Waals surface area contributed by atoms with Gasteiger partial charge in [-0.1, -0.05) is 18.2 Å². The van der Waals surface area contributed by atoms with Crippen molar-refractivity contribution in [3.05, 3.63) is 88.2 Å². The van der Waals surface area contributed by atoms with Gasteiger partial charge < -0.3 is 15.0 Å². The number of aliphatic imine (C=N–C) groups is 1. The maximum Gasteiger partial charge on any atom is 0.274 e. The number of nitrogens with one attached hydrogen (secondary N) is 1. The van der Waals surface area contributed by atoms with E-state index in [0.29, 0.717) is 29.1 Å². The van der Waals surface area contributed by atoms with Gasteiger partial charge in [-0.2, -0.15) is 5.26 Å². The van der Waals surface area contributed by atoms with Gasteiger partial charge in [0, 0.05) is 41.8 Å². The van der Waals surface area contributed by atoms with E-state index >= 15 is 0 Å². The SMILES string of the molecule is Cc1cc(C#N)cnc1C(=O)Nc1ccc2c(c1)C(c1ccc(N3CCOCC3)cc1)=NC2. The number of morpholine rings is 1. The number of hydrogen-bond acceptors (Lipinski definition) is 6. The van der Waals surface area contributed by atoms with Crippen LogP contribution in [0.2, 0.25) is 0 Å². The number of benzene rings is 2. The Kier molecular flexibility index (Phi) is 5.59. The third-order valence-corrected chi connectivity index (χ3v) is 5.97. The lowest BCUT2D eigenvalue weighted by molar-refractivity contribution is 0.102. The molecule has 2 aliphatic rings. The van der Waals surface area contributed by atoms with Crippen LogP contribution >= 0.6 is 0 Å². The van der Waals surface area contributed by atoms with Gasteiger partial charge in [-0.15, -0.1) is 0 Å². The number of amides is 1. The lowest BCUT2D eigenvalue weighted by atomic mass is 9.99. The quantitative estimate of drug-likeness (QED) is 0.672. The summed E-state index contributed by atoms with van der Waals surface area (Å²) in [6, 6.07) is 18.0. The normalized spacial score (nSPS) is 14.9. The third-order valence-electron chi connectivity index (χ3n) is 5.97. The number of ether oxygens (including phenoxy) is 1. The first-order chi connectivity index (χ1) is 16.1. The molecule has 3 heterocycles. The van der Waals surface area contributed by atoms with Crippen LogP contribution in [0.1, 0.15) is 38.3 Å². The smallest absolute Gasteiger partial charge is 0.274 e. The zero-order chi connectivity index (χ0) is 22.8. The molecule has 1 fully saturated rings. The molecule has 33 heavy (non-hydrogen) atoms. The Hall–Kier alpha value is -4.02. The second-order valence-electron chi connectivity index (χ2n) is 8.14. The van der Waals surface area contributed by atoms with Crippen molar-refractivity contribution in [2.45, 2.75) is 13.5 Å². The van der Waals surface area contributed by atoms with Gasteiger partial charge in [0.05, 0.1) is 31.0 Å². The van der Waals surface area contributed by atoms with Crippen molar-refractivity contribution < 1.29 is 9.53 Å². The fourth-order valence-corrected chi connectivity index (χ4v) is 4.22. The van der Waals surface area contributed by atoms with Crippen LogP contribution in [0, 0.1) is 18.3 Å². The standard InChI is InChI=1S/C26H23N5O2/c1-17-12-18(14-27)15-28-24(17)26(32)30-21-5-2-20-16-29-25(23(20)13-21)19-3-6-22(7-4-19)31-8-10-33-11-9-31/h2-7,12-13,15H,8-11,16H2,1H3,(H,30,32). The zero-order valence-electron chi connectivity index (χ0n) is 18.3. The summed E-state index contributed by atoms with van der Waals surface area (Å²) in [7, 11) is 0. The first-order valence-corrected chi connectivity index (χ1v) is 10.9. The largest absolute Gasteiger partial charge is 0.378 e. The molecular formula is C26H23N5O2. The van der Waals surface area contributed by atoms with Gasteiger partial charge >= 0.3 is 0 Å². The minimum absolute atomic E-state index is 0.303. The molecule has 2 aromatic carbocycles. The Morgan fingerprint density at radius 2 is 1.91 bits per heavy atom. The molecule has 1 saturated heterocycles. The van der Waals surface area contributed by atoms with Crippen LogP contribution in [0.25, 0.3) is 0 Å². The Balaban J connectivity index is 1.35. The number of carbonyl (C=O) groups excluding carboxylic acids is 1. The molecule has 0 saturated carbocycles. The molecule has 0 radical (unpaired) electrons. The molecule has 1 N–H and O–H groups in total. The summed E-state index contributed by atoms with van der Waals surface area (Å²) >= 11 is 0. The highest BCUT2D eigenvalue weighted by Gasteiger charge is 2.20. The molecule has 7 nitrogen and oxygen atoms in total. The van der Waals surface area contributed by atoms with E-state index in [1.807, 2.05) is 24.3 Å². The van der Waals surface area contributed by atoms with E-state index in [1.165, 1.54) is 11.9 Å². The summed E-state index contributed by atoms with van der Waals surface area (Å²) in [5, 5.41) is 11.9. The van der Waals surface area contributed by atoms with Gasteiger partial charge in [0.15, 0.2) is 0 Å². The predicted molar refractivity (Wildman–Crippen MR) is 127 cm³/mol.